The third kappa shape index (κ3) is 13.0. The largest absolute Gasteiger partial charge is 0.494 e. The molecule has 0 aliphatic rings. The maximum Gasteiger partial charge on any atom is 0.132 e. The highest BCUT2D eigenvalue weighted by Gasteiger charge is 2.24. The van der Waals surface area contributed by atoms with E-state index in [1.165, 1.54) is 90.2 Å². The van der Waals surface area contributed by atoms with Gasteiger partial charge in [0.15, 0.2) is 0 Å². The van der Waals surface area contributed by atoms with Crippen LogP contribution in [0, 0.1) is 25.5 Å². The monoisotopic (exact) mass is 955 g/mol. The Kier molecular flexibility index (Phi) is 19.2. The van der Waals surface area contributed by atoms with Crippen molar-refractivity contribution in [1.29, 1.82) is 0 Å². The van der Waals surface area contributed by atoms with E-state index in [2.05, 4.69) is 83.1 Å². The number of rotatable bonds is 27. The van der Waals surface area contributed by atoms with Crippen molar-refractivity contribution in [2.45, 2.75) is 157 Å². The molecule has 0 radical (unpaired) electrons. The van der Waals surface area contributed by atoms with Gasteiger partial charge >= 0.3 is 0 Å². The van der Waals surface area contributed by atoms with Crippen LogP contribution in [0.4, 0.5) is 8.78 Å². The number of ether oxygens (including phenoxy) is 2. The first-order valence-electron chi connectivity index (χ1n) is 25.7. The van der Waals surface area contributed by atoms with Gasteiger partial charge in [-0.05, 0) is 142 Å². The molecule has 8 heteroatoms. The molecule has 0 atom stereocenters. The van der Waals surface area contributed by atoms with Crippen LogP contribution in [-0.4, -0.2) is 23.2 Å². The molecule has 3 aromatic heterocycles. The highest BCUT2D eigenvalue weighted by Crippen LogP contribution is 2.46. The van der Waals surface area contributed by atoms with E-state index < -0.39 is 11.6 Å². The summed E-state index contributed by atoms with van der Waals surface area (Å²) in [7, 11) is 0. The molecule has 7 rings (SSSR count). The maximum absolute atomic E-state index is 15.9. The highest BCUT2D eigenvalue weighted by atomic mass is 32.1. The summed E-state index contributed by atoms with van der Waals surface area (Å²) in [5.41, 5.74) is 10.0. The molecule has 360 valence electrons. The zero-order chi connectivity index (χ0) is 47.8. The lowest BCUT2D eigenvalue weighted by atomic mass is 9.98. The van der Waals surface area contributed by atoms with Crippen molar-refractivity contribution in [3.05, 3.63) is 118 Å². The van der Waals surface area contributed by atoms with E-state index in [1.54, 1.807) is 6.92 Å². The van der Waals surface area contributed by atoms with E-state index in [0.717, 1.165) is 136 Å². The molecule has 4 nitrogen and oxygen atoms in total. The number of aryl methyl sites for hydroxylation is 4. The second kappa shape index (κ2) is 25.6. The van der Waals surface area contributed by atoms with E-state index in [0.29, 0.717) is 24.3 Å². The Bertz CT molecular complexity index is 2680. The Labute approximate surface area is 413 Å². The Balaban J connectivity index is 1.41. The number of fused-ring (bicyclic) bond motifs is 1. The van der Waals surface area contributed by atoms with Gasteiger partial charge in [0.2, 0.25) is 0 Å². The molecule has 0 bridgehead atoms. The van der Waals surface area contributed by atoms with Crippen LogP contribution in [0.3, 0.4) is 0 Å². The first kappa shape index (κ1) is 50.9. The summed E-state index contributed by atoms with van der Waals surface area (Å²) in [4.78, 5) is 15.6. The van der Waals surface area contributed by atoms with Crippen molar-refractivity contribution in [2.75, 3.05) is 13.2 Å². The maximum atomic E-state index is 15.9. The lowest BCUT2D eigenvalue weighted by molar-refractivity contribution is 0.305. The number of nitrogens with zero attached hydrogens (tertiary/aromatic N) is 2. The molecule has 0 saturated heterocycles. The fraction of sp³-hybridized carbons (Fsp3) is 0.433. The predicted molar refractivity (Wildman–Crippen MR) is 287 cm³/mol. The fourth-order valence-corrected chi connectivity index (χ4v) is 11.3. The Morgan fingerprint density at radius 2 is 0.912 bits per heavy atom. The van der Waals surface area contributed by atoms with Gasteiger partial charge in [0.1, 0.15) is 23.1 Å². The van der Waals surface area contributed by atoms with Crippen LogP contribution in [0.1, 0.15) is 152 Å². The SMILES string of the molecule is CCCCCCOc1ccc(-c2nc3c(-c4cc(CCCCCC)c(C)s4)ccc(-c4cc(CCCCCC)c(-c5cc(F)c(C)cc5F)s4)c3nc2-c2ccc(OCCCCCC)cc2)cc1. The summed E-state index contributed by atoms with van der Waals surface area (Å²) in [5, 5.41) is 0. The van der Waals surface area contributed by atoms with Gasteiger partial charge in [-0.2, -0.15) is 0 Å². The molecule has 68 heavy (non-hydrogen) atoms. The molecular formula is C60H72F2N2O2S2. The van der Waals surface area contributed by atoms with Gasteiger partial charge in [-0.25, -0.2) is 18.7 Å². The molecule has 0 spiro atoms. The first-order valence-corrected chi connectivity index (χ1v) is 27.4. The van der Waals surface area contributed by atoms with Crippen molar-refractivity contribution in [2.24, 2.45) is 0 Å². The zero-order valence-corrected chi connectivity index (χ0v) is 43.1. The Morgan fingerprint density at radius 1 is 0.456 bits per heavy atom. The lowest BCUT2D eigenvalue weighted by Crippen LogP contribution is -2.00. The van der Waals surface area contributed by atoms with Gasteiger partial charge in [0, 0.05) is 47.3 Å². The van der Waals surface area contributed by atoms with Gasteiger partial charge in [0.05, 0.1) is 35.6 Å². The van der Waals surface area contributed by atoms with Crippen LogP contribution in [-0.2, 0) is 12.8 Å². The third-order valence-corrected chi connectivity index (χ3v) is 15.4. The second-order valence-corrected chi connectivity index (χ2v) is 20.8. The molecule has 0 amide bonds. The molecule has 0 N–H and O–H groups in total. The van der Waals surface area contributed by atoms with Gasteiger partial charge < -0.3 is 9.47 Å². The van der Waals surface area contributed by atoms with Gasteiger partial charge in [-0.1, -0.05) is 117 Å². The number of halogens is 2. The number of benzene rings is 4. The average Bonchev–Trinajstić information content (AvgIpc) is 3.94. The quantitative estimate of drug-likeness (QED) is 0.0482. The fourth-order valence-electron chi connectivity index (χ4n) is 8.97. The molecule has 0 aliphatic carbocycles. The minimum Gasteiger partial charge on any atom is -0.494 e. The number of hydrogen-bond acceptors (Lipinski definition) is 6. The Morgan fingerprint density at radius 3 is 1.41 bits per heavy atom. The van der Waals surface area contributed by atoms with Crippen molar-refractivity contribution >= 4 is 33.7 Å². The van der Waals surface area contributed by atoms with Crippen LogP contribution < -0.4 is 9.47 Å². The second-order valence-electron chi connectivity index (χ2n) is 18.5. The standard InChI is InChI=1S/C60H72F2N2O2S2/c1-7-11-15-19-23-45-38-54(67-42(45)6)49-33-34-50(55-39-46(24-20-16-12-8-2)60(68-55)51-40-52(61)41(5)37-53(51)62)59-58(49)63-56(43-25-29-47(30-26-43)65-35-21-17-13-9-3)57(64-59)44-27-31-48(32-28-44)66-36-22-18-14-10-4/h25-34,37-40H,7-24,35-36H2,1-6H3. The van der Waals surface area contributed by atoms with Gasteiger partial charge in [-0.15, -0.1) is 22.7 Å². The molecular weight excluding hydrogens is 883 g/mol. The average molecular weight is 955 g/mol. The van der Waals surface area contributed by atoms with Crippen molar-refractivity contribution in [1.82, 2.24) is 9.97 Å². The molecule has 4 aromatic carbocycles. The summed E-state index contributed by atoms with van der Waals surface area (Å²) in [6, 6.07) is 28.2. The van der Waals surface area contributed by atoms with Gasteiger partial charge in [0.25, 0.3) is 0 Å². The number of aromatic nitrogens is 2. The lowest BCUT2D eigenvalue weighted by Gasteiger charge is -2.16. The molecule has 0 aliphatic heterocycles. The van der Waals surface area contributed by atoms with Crippen LogP contribution in [0.15, 0.2) is 84.9 Å². The number of thiophene rings is 2. The minimum atomic E-state index is -0.404. The minimum absolute atomic E-state index is 0.303. The number of unbranched alkanes of at least 4 members (excludes halogenated alkanes) is 12. The summed E-state index contributed by atoms with van der Waals surface area (Å²) in [5.74, 6) is 0.869. The van der Waals surface area contributed by atoms with E-state index in [1.807, 2.05) is 35.6 Å². The van der Waals surface area contributed by atoms with E-state index >= 15 is 8.78 Å². The van der Waals surface area contributed by atoms with Crippen LogP contribution >= 0.6 is 22.7 Å². The Hall–Kier alpha value is -4.92. The van der Waals surface area contributed by atoms with Crippen LogP contribution in [0.5, 0.6) is 11.5 Å². The van der Waals surface area contributed by atoms with Crippen molar-refractivity contribution < 1.29 is 18.3 Å². The van der Waals surface area contributed by atoms with Gasteiger partial charge in [-0.3, -0.25) is 0 Å². The normalized spacial score (nSPS) is 11.5. The smallest absolute Gasteiger partial charge is 0.132 e. The molecule has 0 fully saturated rings. The van der Waals surface area contributed by atoms with Crippen LogP contribution in [0.2, 0.25) is 0 Å². The number of hydrogen-bond donors (Lipinski definition) is 0. The zero-order valence-electron chi connectivity index (χ0n) is 41.5. The van der Waals surface area contributed by atoms with Crippen molar-refractivity contribution in [3.8, 4) is 65.3 Å². The van der Waals surface area contributed by atoms with E-state index in [9.17, 15) is 0 Å². The van der Waals surface area contributed by atoms with Crippen LogP contribution in [0.25, 0.3) is 64.9 Å². The summed E-state index contributed by atoms with van der Waals surface area (Å²) in [6.07, 6.45) is 20.2. The first-order chi connectivity index (χ1) is 33.2. The molecule has 0 saturated carbocycles. The molecule has 3 heterocycles. The third-order valence-electron chi connectivity index (χ3n) is 13.1. The highest BCUT2D eigenvalue weighted by molar-refractivity contribution is 7.19. The van der Waals surface area contributed by atoms with E-state index in [-0.39, 0.29) is 0 Å². The predicted octanol–water partition coefficient (Wildman–Crippen LogP) is 19.1. The molecule has 7 aromatic rings. The summed E-state index contributed by atoms with van der Waals surface area (Å²) >= 11 is 3.35. The molecule has 0 unspecified atom stereocenters. The van der Waals surface area contributed by atoms with Crippen molar-refractivity contribution in [3.63, 3.8) is 0 Å². The topological polar surface area (TPSA) is 44.2 Å². The van der Waals surface area contributed by atoms with E-state index in [4.69, 9.17) is 19.4 Å². The summed E-state index contributed by atoms with van der Waals surface area (Å²) < 4.78 is 43.6. The summed E-state index contributed by atoms with van der Waals surface area (Å²) in [6.45, 7) is 14.1.